The Kier molecular flexibility index (Phi) is 6.74. The molecule has 0 bridgehead atoms. The maximum atomic E-state index is 13.0. The van der Waals surface area contributed by atoms with Crippen LogP contribution in [0.5, 0.6) is 5.75 Å². The molecule has 2 aromatic carbocycles. The Balaban J connectivity index is 1.40. The summed E-state index contributed by atoms with van der Waals surface area (Å²) in [5.74, 6) is 1.94. The maximum absolute atomic E-state index is 13.0. The minimum absolute atomic E-state index is 0.210. The van der Waals surface area contributed by atoms with Crippen LogP contribution >= 0.6 is 0 Å². The zero-order valence-electron chi connectivity index (χ0n) is 21.6. The average molecular weight is 500 g/mol. The molecule has 8 nitrogen and oxygen atoms in total. The third-order valence-corrected chi connectivity index (χ3v) is 6.42. The molecule has 192 valence electrons. The number of carbonyl (C=O) groups is 1. The molecule has 1 atom stereocenters. The van der Waals surface area contributed by atoms with E-state index in [2.05, 4.69) is 17.1 Å². The number of hydrogen-bond donors (Lipinski definition) is 1. The molecule has 1 saturated heterocycles. The summed E-state index contributed by atoms with van der Waals surface area (Å²) >= 11 is 0. The number of carbonyl (C=O) groups excluding carboxylic acids is 1. The van der Waals surface area contributed by atoms with Crippen LogP contribution in [0.2, 0.25) is 0 Å². The second kappa shape index (κ2) is 10.1. The fourth-order valence-corrected chi connectivity index (χ4v) is 4.74. The second-order valence-corrected chi connectivity index (χ2v) is 10.3. The molecule has 0 aliphatic carbocycles. The van der Waals surface area contributed by atoms with Crippen molar-refractivity contribution in [2.24, 2.45) is 0 Å². The first-order valence-corrected chi connectivity index (χ1v) is 12.7. The topological polar surface area (TPSA) is 95.0 Å². The number of nitrogens with zero attached hydrogens (tertiary/aromatic N) is 4. The Morgan fingerprint density at radius 1 is 1.11 bits per heavy atom. The molecule has 1 aliphatic rings. The first-order valence-electron chi connectivity index (χ1n) is 12.7. The van der Waals surface area contributed by atoms with Crippen molar-refractivity contribution in [3.8, 4) is 17.0 Å². The molecule has 5 rings (SSSR count). The van der Waals surface area contributed by atoms with Gasteiger partial charge in [0, 0.05) is 30.9 Å². The molecule has 0 radical (unpaired) electrons. The molecule has 2 N–H and O–H groups in total. The summed E-state index contributed by atoms with van der Waals surface area (Å²) in [5.41, 5.74) is 9.37. The van der Waals surface area contributed by atoms with E-state index in [1.54, 1.807) is 11.1 Å². The van der Waals surface area contributed by atoms with Crippen LogP contribution in [0, 0.1) is 0 Å². The van der Waals surface area contributed by atoms with Crippen LogP contribution in [0.1, 0.15) is 51.0 Å². The normalized spacial score (nSPS) is 15.8. The predicted octanol–water partition coefficient (Wildman–Crippen LogP) is 5.67. The molecule has 37 heavy (non-hydrogen) atoms. The van der Waals surface area contributed by atoms with Crippen molar-refractivity contribution in [1.82, 2.24) is 19.3 Å². The van der Waals surface area contributed by atoms with Crippen molar-refractivity contribution in [3.05, 3.63) is 78.4 Å². The van der Waals surface area contributed by atoms with E-state index in [1.807, 2.05) is 73.8 Å². The van der Waals surface area contributed by atoms with Crippen molar-refractivity contribution in [2.45, 2.75) is 51.7 Å². The van der Waals surface area contributed by atoms with Crippen molar-refractivity contribution in [3.63, 3.8) is 0 Å². The van der Waals surface area contributed by atoms with E-state index in [0.717, 1.165) is 47.6 Å². The second-order valence-electron chi connectivity index (χ2n) is 10.3. The fourth-order valence-electron chi connectivity index (χ4n) is 4.74. The van der Waals surface area contributed by atoms with Crippen LogP contribution in [0.4, 0.5) is 10.6 Å². The quantitative estimate of drug-likeness (QED) is 0.367. The number of amides is 1. The number of anilines is 1. The molecule has 3 heterocycles. The van der Waals surface area contributed by atoms with Crippen molar-refractivity contribution < 1.29 is 14.3 Å². The SMILES string of the molecule is CC(C)(C)OC(=O)N1CCCC1c1nc(-c2ccc(OCCc3ccccc3)cc2)c2c(N)nccn12. The Labute approximate surface area is 217 Å². The lowest BCUT2D eigenvalue weighted by Gasteiger charge is -2.28. The Morgan fingerprint density at radius 3 is 2.59 bits per heavy atom. The van der Waals surface area contributed by atoms with Gasteiger partial charge in [0.25, 0.3) is 0 Å². The first-order chi connectivity index (χ1) is 17.8. The highest BCUT2D eigenvalue weighted by Gasteiger charge is 2.36. The number of nitrogens with two attached hydrogens (primary N) is 1. The molecular formula is C29H33N5O3. The van der Waals surface area contributed by atoms with Crippen LogP contribution in [0.15, 0.2) is 67.0 Å². The van der Waals surface area contributed by atoms with E-state index in [1.165, 1.54) is 5.56 Å². The third-order valence-electron chi connectivity index (χ3n) is 6.42. The van der Waals surface area contributed by atoms with E-state index in [9.17, 15) is 4.79 Å². The summed E-state index contributed by atoms with van der Waals surface area (Å²) in [5, 5.41) is 0. The van der Waals surface area contributed by atoms with Crippen LogP contribution < -0.4 is 10.5 Å². The molecule has 8 heteroatoms. The number of aromatic nitrogens is 3. The smallest absolute Gasteiger partial charge is 0.410 e. The zero-order valence-corrected chi connectivity index (χ0v) is 21.6. The van der Waals surface area contributed by atoms with Gasteiger partial charge in [-0.25, -0.2) is 14.8 Å². The average Bonchev–Trinajstić information content (AvgIpc) is 3.50. The molecular weight excluding hydrogens is 466 g/mol. The van der Waals surface area contributed by atoms with Crippen molar-refractivity contribution in [1.29, 1.82) is 0 Å². The van der Waals surface area contributed by atoms with Gasteiger partial charge in [-0.15, -0.1) is 0 Å². The lowest BCUT2D eigenvalue weighted by atomic mass is 10.1. The van der Waals surface area contributed by atoms with Gasteiger partial charge in [0.05, 0.1) is 12.6 Å². The molecule has 4 aromatic rings. The Hall–Kier alpha value is -4.07. The van der Waals surface area contributed by atoms with Gasteiger partial charge in [-0.1, -0.05) is 30.3 Å². The van der Waals surface area contributed by atoms with Gasteiger partial charge in [0.1, 0.15) is 34.2 Å². The van der Waals surface area contributed by atoms with Crippen LogP contribution in [-0.4, -0.2) is 44.1 Å². The molecule has 1 fully saturated rings. The van der Waals surface area contributed by atoms with Gasteiger partial charge in [-0.2, -0.15) is 0 Å². The van der Waals surface area contributed by atoms with E-state index in [0.29, 0.717) is 19.0 Å². The fraction of sp³-hybridized carbons (Fsp3) is 0.345. The van der Waals surface area contributed by atoms with Crippen LogP contribution in [-0.2, 0) is 11.2 Å². The molecule has 0 spiro atoms. The van der Waals surface area contributed by atoms with E-state index >= 15 is 0 Å². The van der Waals surface area contributed by atoms with E-state index < -0.39 is 5.60 Å². The lowest BCUT2D eigenvalue weighted by Crippen LogP contribution is -2.36. The summed E-state index contributed by atoms with van der Waals surface area (Å²) in [4.78, 5) is 24.0. The highest BCUT2D eigenvalue weighted by atomic mass is 16.6. The Bertz CT molecular complexity index is 1380. The largest absolute Gasteiger partial charge is 0.493 e. The van der Waals surface area contributed by atoms with Gasteiger partial charge in [-0.3, -0.25) is 9.30 Å². The van der Waals surface area contributed by atoms with Gasteiger partial charge in [0.2, 0.25) is 0 Å². The minimum Gasteiger partial charge on any atom is -0.493 e. The minimum atomic E-state index is -0.566. The van der Waals surface area contributed by atoms with Crippen molar-refractivity contribution in [2.75, 3.05) is 18.9 Å². The number of likely N-dealkylation sites (tertiary alicyclic amines) is 1. The zero-order chi connectivity index (χ0) is 26.0. The molecule has 1 unspecified atom stereocenters. The number of rotatable bonds is 6. The summed E-state index contributed by atoms with van der Waals surface area (Å²) < 4.78 is 13.6. The van der Waals surface area contributed by atoms with Gasteiger partial charge < -0.3 is 15.2 Å². The molecule has 2 aromatic heterocycles. The summed E-state index contributed by atoms with van der Waals surface area (Å²) in [7, 11) is 0. The maximum Gasteiger partial charge on any atom is 0.410 e. The van der Waals surface area contributed by atoms with Crippen LogP contribution in [0.25, 0.3) is 16.8 Å². The number of ether oxygens (including phenoxy) is 2. The van der Waals surface area contributed by atoms with Gasteiger partial charge in [-0.05, 0) is 63.4 Å². The van der Waals surface area contributed by atoms with Crippen LogP contribution in [0.3, 0.4) is 0 Å². The summed E-state index contributed by atoms with van der Waals surface area (Å²) in [6.07, 6.45) is 5.71. The highest BCUT2D eigenvalue weighted by molar-refractivity contribution is 5.85. The molecule has 1 amide bonds. The summed E-state index contributed by atoms with van der Waals surface area (Å²) in [6.45, 7) is 6.85. The first kappa shape index (κ1) is 24.6. The lowest BCUT2D eigenvalue weighted by molar-refractivity contribution is 0.0218. The number of imidazole rings is 1. The molecule has 0 saturated carbocycles. The number of benzene rings is 2. The van der Waals surface area contributed by atoms with E-state index in [4.69, 9.17) is 20.2 Å². The third kappa shape index (κ3) is 5.38. The Morgan fingerprint density at radius 2 is 1.86 bits per heavy atom. The standard InChI is InChI=1S/C29H33N5O3/c1-29(2,3)37-28(35)33-17-7-10-23(33)27-32-24(25-26(30)31-16-18-34(25)27)21-11-13-22(14-12-21)36-19-15-20-8-5-4-6-9-20/h4-6,8-9,11-14,16,18,23H,7,10,15,17,19H2,1-3H3,(H2,30,31). The highest BCUT2D eigenvalue weighted by Crippen LogP contribution is 2.37. The number of nitrogen functional groups attached to an aromatic ring is 1. The number of hydrogen-bond acceptors (Lipinski definition) is 6. The van der Waals surface area contributed by atoms with Crippen molar-refractivity contribution >= 4 is 17.4 Å². The monoisotopic (exact) mass is 499 g/mol. The summed E-state index contributed by atoms with van der Waals surface area (Å²) in [6, 6.07) is 17.9. The van der Waals surface area contributed by atoms with E-state index in [-0.39, 0.29) is 12.1 Å². The van der Waals surface area contributed by atoms with Gasteiger partial charge >= 0.3 is 6.09 Å². The predicted molar refractivity (Wildman–Crippen MR) is 143 cm³/mol. The number of fused-ring (bicyclic) bond motifs is 1. The van der Waals surface area contributed by atoms with Gasteiger partial charge in [0.15, 0.2) is 0 Å². The molecule has 1 aliphatic heterocycles.